The van der Waals surface area contributed by atoms with E-state index in [1.807, 2.05) is 50.2 Å². The first-order valence-electron chi connectivity index (χ1n) is 6.31. The molecule has 5 nitrogen and oxygen atoms in total. The maximum absolute atomic E-state index is 5.62. The van der Waals surface area contributed by atoms with Crippen molar-refractivity contribution in [2.45, 2.75) is 13.8 Å². The van der Waals surface area contributed by atoms with Crippen LogP contribution in [0.4, 0.5) is 11.7 Å². The van der Waals surface area contributed by atoms with E-state index in [9.17, 15) is 0 Å². The van der Waals surface area contributed by atoms with Crippen molar-refractivity contribution in [3.63, 3.8) is 0 Å². The summed E-state index contributed by atoms with van der Waals surface area (Å²) in [4.78, 5) is 4.21. The Labute approximate surface area is 116 Å². The molecule has 0 aliphatic heterocycles. The van der Waals surface area contributed by atoms with Crippen LogP contribution in [0.5, 0.6) is 0 Å². The lowest BCUT2D eigenvalue weighted by molar-refractivity contribution is 0.587. The summed E-state index contributed by atoms with van der Waals surface area (Å²) in [5, 5.41) is 11.1. The lowest BCUT2D eigenvalue weighted by Gasteiger charge is -2.01. The maximum Gasteiger partial charge on any atom is 0.320 e. The number of hydrogen-bond acceptors (Lipinski definition) is 5. The third-order valence-electron chi connectivity index (χ3n) is 2.93. The molecule has 0 saturated carbocycles. The van der Waals surface area contributed by atoms with E-state index in [1.165, 1.54) is 0 Å². The summed E-state index contributed by atoms with van der Waals surface area (Å²) >= 11 is 0. The van der Waals surface area contributed by atoms with Crippen molar-refractivity contribution < 1.29 is 4.42 Å². The van der Waals surface area contributed by atoms with Crippen LogP contribution in [0, 0.1) is 13.8 Å². The summed E-state index contributed by atoms with van der Waals surface area (Å²) in [6.07, 6.45) is 1.74. The zero-order valence-corrected chi connectivity index (χ0v) is 11.3. The van der Waals surface area contributed by atoms with Gasteiger partial charge in [0.15, 0.2) is 0 Å². The minimum absolute atomic E-state index is 0.369. The number of nitrogens with zero attached hydrogens (tertiary/aromatic N) is 3. The fourth-order valence-electron chi connectivity index (χ4n) is 1.94. The van der Waals surface area contributed by atoms with E-state index >= 15 is 0 Å². The molecule has 0 unspecified atom stereocenters. The van der Waals surface area contributed by atoms with Crippen LogP contribution in [0.25, 0.3) is 11.5 Å². The van der Waals surface area contributed by atoms with Gasteiger partial charge in [-0.1, -0.05) is 17.2 Å². The minimum atomic E-state index is 0.369. The highest BCUT2D eigenvalue weighted by Crippen LogP contribution is 2.23. The van der Waals surface area contributed by atoms with Gasteiger partial charge >= 0.3 is 6.01 Å². The van der Waals surface area contributed by atoms with Gasteiger partial charge in [-0.25, -0.2) is 0 Å². The van der Waals surface area contributed by atoms with Crippen molar-refractivity contribution in [2.24, 2.45) is 0 Å². The van der Waals surface area contributed by atoms with Gasteiger partial charge in [0.05, 0.1) is 5.56 Å². The normalized spacial score (nSPS) is 10.5. The maximum atomic E-state index is 5.62. The van der Waals surface area contributed by atoms with Gasteiger partial charge in [0, 0.05) is 17.6 Å². The molecule has 0 fully saturated rings. The molecule has 0 spiro atoms. The Kier molecular flexibility index (Phi) is 3.16. The van der Waals surface area contributed by atoms with Gasteiger partial charge in [-0.15, -0.1) is 5.10 Å². The van der Waals surface area contributed by atoms with Crippen molar-refractivity contribution in [1.29, 1.82) is 0 Å². The Balaban J connectivity index is 1.86. The molecule has 0 radical (unpaired) electrons. The lowest BCUT2D eigenvalue weighted by Crippen LogP contribution is -1.90. The Hall–Kier alpha value is -2.69. The molecule has 0 aliphatic carbocycles. The van der Waals surface area contributed by atoms with Crippen molar-refractivity contribution in [1.82, 2.24) is 15.2 Å². The highest BCUT2D eigenvalue weighted by molar-refractivity contribution is 5.58. The van der Waals surface area contributed by atoms with E-state index in [4.69, 9.17) is 4.42 Å². The molecular formula is C15H14N4O. The third kappa shape index (κ3) is 2.51. The molecule has 100 valence electrons. The standard InChI is InChI=1S/C15H14N4O/c1-10-5-3-6-12(9-10)17-15-19-18-14(20-15)13-7-4-8-16-11(13)2/h3-9H,1-2H3,(H,17,19). The minimum Gasteiger partial charge on any atom is -0.403 e. The summed E-state index contributed by atoms with van der Waals surface area (Å²) in [6, 6.07) is 12.1. The Bertz CT molecular complexity index is 736. The molecule has 0 bridgehead atoms. The van der Waals surface area contributed by atoms with E-state index in [-0.39, 0.29) is 0 Å². The molecule has 0 saturated heterocycles. The second-order valence-electron chi connectivity index (χ2n) is 4.54. The van der Waals surface area contributed by atoms with Gasteiger partial charge in [-0.05, 0) is 43.7 Å². The number of nitrogens with one attached hydrogen (secondary N) is 1. The smallest absolute Gasteiger partial charge is 0.320 e. The van der Waals surface area contributed by atoms with Crippen LogP contribution in [0.2, 0.25) is 0 Å². The van der Waals surface area contributed by atoms with Crippen LogP contribution in [-0.2, 0) is 0 Å². The molecule has 3 aromatic rings. The zero-order chi connectivity index (χ0) is 13.9. The monoisotopic (exact) mass is 266 g/mol. The molecule has 0 aliphatic rings. The Morgan fingerprint density at radius 2 is 1.95 bits per heavy atom. The number of aryl methyl sites for hydroxylation is 2. The molecule has 0 amide bonds. The van der Waals surface area contributed by atoms with E-state index < -0.39 is 0 Å². The lowest BCUT2D eigenvalue weighted by atomic mass is 10.2. The third-order valence-corrected chi connectivity index (χ3v) is 2.93. The average molecular weight is 266 g/mol. The summed E-state index contributed by atoms with van der Waals surface area (Å²) in [5.41, 5.74) is 3.79. The van der Waals surface area contributed by atoms with Crippen LogP contribution in [0.1, 0.15) is 11.3 Å². The fraction of sp³-hybridized carbons (Fsp3) is 0.133. The molecule has 1 aromatic carbocycles. The summed E-state index contributed by atoms with van der Waals surface area (Å²) in [6.45, 7) is 3.94. The van der Waals surface area contributed by atoms with Gasteiger partial charge in [0.25, 0.3) is 5.89 Å². The molecule has 20 heavy (non-hydrogen) atoms. The van der Waals surface area contributed by atoms with Gasteiger partial charge in [0.2, 0.25) is 0 Å². The zero-order valence-electron chi connectivity index (χ0n) is 11.3. The summed E-state index contributed by atoms with van der Waals surface area (Å²) in [5.74, 6) is 0.464. The summed E-state index contributed by atoms with van der Waals surface area (Å²) < 4.78 is 5.62. The molecule has 1 N–H and O–H groups in total. The van der Waals surface area contributed by atoms with E-state index in [0.29, 0.717) is 11.9 Å². The molecule has 3 rings (SSSR count). The highest BCUT2D eigenvalue weighted by Gasteiger charge is 2.11. The first kappa shape index (κ1) is 12.3. The largest absolute Gasteiger partial charge is 0.403 e. The number of benzene rings is 1. The van der Waals surface area contributed by atoms with Gasteiger partial charge < -0.3 is 9.73 Å². The number of aromatic nitrogens is 3. The topological polar surface area (TPSA) is 63.8 Å². The number of anilines is 2. The molecule has 2 aromatic heterocycles. The quantitative estimate of drug-likeness (QED) is 0.786. The first-order valence-corrected chi connectivity index (χ1v) is 6.31. The summed E-state index contributed by atoms with van der Waals surface area (Å²) in [7, 11) is 0. The van der Waals surface area contributed by atoms with Crippen molar-refractivity contribution in [3.05, 3.63) is 53.9 Å². The number of rotatable bonds is 3. The predicted octanol–water partition coefficient (Wildman–Crippen LogP) is 3.49. The van der Waals surface area contributed by atoms with Crippen molar-refractivity contribution in [3.8, 4) is 11.5 Å². The fourth-order valence-corrected chi connectivity index (χ4v) is 1.94. The average Bonchev–Trinajstić information content (AvgIpc) is 2.87. The highest BCUT2D eigenvalue weighted by atomic mass is 16.4. The van der Waals surface area contributed by atoms with Crippen LogP contribution < -0.4 is 5.32 Å². The van der Waals surface area contributed by atoms with E-state index in [2.05, 4.69) is 20.5 Å². The Morgan fingerprint density at radius 1 is 1.05 bits per heavy atom. The SMILES string of the molecule is Cc1cccc(Nc2nnc(-c3cccnc3C)o2)c1. The first-order chi connectivity index (χ1) is 9.72. The number of hydrogen-bond donors (Lipinski definition) is 1. The van der Waals surface area contributed by atoms with Crippen LogP contribution in [-0.4, -0.2) is 15.2 Å². The van der Waals surface area contributed by atoms with Gasteiger partial charge in [0.1, 0.15) is 0 Å². The second kappa shape index (κ2) is 5.13. The van der Waals surface area contributed by atoms with Crippen molar-refractivity contribution in [2.75, 3.05) is 5.32 Å². The van der Waals surface area contributed by atoms with Gasteiger partial charge in [-0.2, -0.15) is 0 Å². The molecule has 2 heterocycles. The van der Waals surface area contributed by atoms with Crippen LogP contribution >= 0.6 is 0 Å². The second-order valence-corrected chi connectivity index (χ2v) is 4.54. The molecular weight excluding hydrogens is 252 g/mol. The Morgan fingerprint density at radius 3 is 2.75 bits per heavy atom. The number of pyridine rings is 1. The van der Waals surface area contributed by atoms with E-state index in [1.54, 1.807) is 6.20 Å². The molecule has 0 atom stereocenters. The van der Waals surface area contributed by atoms with Gasteiger partial charge in [-0.3, -0.25) is 4.98 Å². The molecule has 5 heteroatoms. The van der Waals surface area contributed by atoms with E-state index in [0.717, 1.165) is 22.5 Å². The van der Waals surface area contributed by atoms with Crippen molar-refractivity contribution >= 4 is 11.7 Å². The van der Waals surface area contributed by atoms with Crippen LogP contribution in [0.3, 0.4) is 0 Å². The predicted molar refractivity (Wildman–Crippen MR) is 76.7 cm³/mol. The van der Waals surface area contributed by atoms with Crippen LogP contribution in [0.15, 0.2) is 47.0 Å².